The average Bonchev–Trinajstić information content (AvgIpc) is 3.27. The van der Waals surface area contributed by atoms with E-state index in [4.69, 9.17) is 4.98 Å². The van der Waals surface area contributed by atoms with E-state index in [1.807, 2.05) is 31.5 Å². The highest BCUT2D eigenvalue weighted by molar-refractivity contribution is 5.31. The molecular formula is C18H24N6. The molecule has 2 aliphatic rings. The number of anilines is 1. The topological polar surface area (TPSA) is 58.0 Å². The van der Waals surface area contributed by atoms with E-state index in [0.29, 0.717) is 5.92 Å². The van der Waals surface area contributed by atoms with E-state index in [9.17, 15) is 0 Å². The lowest BCUT2D eigenvalue weighted by Gasteiger charge is -2.18. The Bertz CT molecular complexity index is 697. The zero-order chi connectivity index (χ0) is 16.4. The molecule has 0 radical (unpaired) electrons. The third kappa shape index (κ3) is 3.38. The summed E-state index contributed by atoms with van der Waals surface area (Å²) in [5, 5.41) is 0. The van der Waals surface area contributed by atoms with Gasteiger partial charge in [-0.25, -0.2) is 19.9 Å². The molecule has 2 aliphatic heterocycles. The van der Waals surface area contributed by atoms with Crippen molar-refractivity contribution >= 4 is 5.95 Å². The van der Waals surface area contributed by atoms with Crippen molar-refractivity contribution in [1.29, 1.82) is 0 Å². The van der Waals surface area contributed by atoms with Gasteiger partial charge in [0.2, 0.25) is 5.95 Å². The molecule has 4 heterocycles. The molecule has 1 atom stereocenters. The van der Waals surface area contributed by atoms with Crippen LogP contribution in [0.1, 0.15) is 42.4 Å². The molecular weight excluding hydrogens is 300 g/mol. The molecule has 6 heteroatoms. The Morgan fingerprint density at radius 3 is 2.71 bits per heavy atom. The second-order valence-electron chi connectivity index (χ2n) is 6.82. The minimum Gasteiger partial charge on any atom is -0.341 e. The molecule has 2 aromatic rings. The van der Waals surface area contributed by atoms with Crippen LogP contribution in [0.3, 0.4) is 0 Å². The predicted molar refractivity (Wildman–Crippen MR) is 92.9 cm³/mol. The first-order chi connectivity index (χ1) is 11.8. The molecule has 0 saturated carbocycles. The van der Waals surface area contributed by atoms with Gasteiger partial charge in [-0.2, -0.15) is 0 Å². The Morgan fingerprint density at radius 1 is 1.04 bits per heavy atom. The van der Waals surface area contributed by atoms with Crippen molar-refractivity contribution in [1.82, 2.24) is 24.8 Å². The summed E-state index contributed by atoms with van der Waals surface area (Å²) in [5.74, 6) is 2.31. The lowest BCUT2D eigenvalue weighted by Crippen LogP contribution is -2.23. The van der Waals surface area contributed by atoms with E-state index >= 15 is 0 Å². The fraction of sp³-hybridized carbons (Fsp3) is 0.556. The maximum Gasteiger partial charge on any atom is 0.225 e. The van der Waals surface area contributed by atoms with Gasteiger partial charge >= 0.3 is 0 Å². The van der Waals surface area contributed by atoms with E-state index in [1.165, 1.54) is 12.8 Å². The Morgan fingerprint density at radius 2 is 1.88 bits per heavy atom. The number of rotatable bonds is 4. The zero-order valence-electron chi connectivity index (χ0n) is 14.2. The number of aromatic nitrogens is 4. The van der Waals surface area contributed by atoms with E-state index < -0.39 is 0 Å². The van der Waals surface area contributed by atoms with Crippen LogP contribution in [-0.2, 0) is 6.54 Å². The summed E-state index contributed by atoms with van der Waals surface area (Å²) in [6, 6.07) is 3.99. The lowest BCUT2D eigenvalue weighted by molar-refractivity contribution is 0.321. The highest BCUT2D eigenvalue weighted by atomic mass is 15.3. The fourth-order valence-corrected chi connectivity index (χ4v) is 3.62. The van der Waals surface area contributed by atoms with Crippen molar-refractivity contribution in [2.24, 2.45) is 0 Å². The molecule has 2 fully saturated rings. The van der Waals surface area contributed by atoms with E-state index in [2.05, 4.69) is 24.8 Å². The standard InChI is InChI=1S/C18H24N6/c1-14-4-7-19-17(21-14)15-6-11-23(12-15)13-16-5-8-20-18(22-16)24-9-2-3-10-24/h4-5,7-8,15H,2-3,6,9-13H2,1H3/t15-/m1/s1. The second-order valence-corrected chi connectivity index (χ2v) is 6.82. The van der Waals surface area contributed by atoms with Gasteiger partial charge in [-0.15, -0.1) is 0 Å². The molecule has 0 amide bonds. The van der Waals surface area contributed by atoms with Gasteiger partial charge in [0.1, 0.15) is 5.82 Å². The molecule has 2 aromatic heterocycles. The van der Waals surface area contributed by atoms with Crippen LogP contribution < -0.4 is 4.90 Å². The van der Waals surface area contributed by atoms with E-state index in [1.54, 1.807) is 0 Å². The summed E-state index contributed by atoms with van der Waals surface area (Å²) in [7, 11) is 0. The SMILES string of the molecule is Cc1ccnc([C@@H]2CCN(Cc3ccnc(N4CCCC4)n3)C2)n1. The maximum absolute atomic E-state index is 4.77. The first-order valence-electron chi connectivity index (χ1n) is 8.87. The van der Waals surface area contributed by atoms with E-state index in [0.717, 1.165) is 62.3 Å². The van der Waals surface area contributed by atoms with Crippen LogP contribution in [0.2, 0.25) is 0 Å². The van der Waals surface area contributed by atoms with Gasteiger partial charge in [-0.1, -0.05) is 0 Å². The molecule has 0 N–H and O–H groups in total. The van der Waals surface area contributed by atoms with Crippen LogP contribution in [0.4, 0.5) is 5.95 Å². The monoisotopic (exact) mass is 324 g/mol. The summed E-state index contributed by atoms with van der Waals surface area (Å²) in [6.45, 7) is 7.15. The van der Waals surface area contributed by atoms with Crippen LogP contribution in [0.25, 0.3) is 0 Å². The summed E-state index contributed by atoms with van der Waals surface area (Å²) in [4.78, 5) is 23.0. The first kappa shape index (κ1) is 15.4. The number of likely N-dealkylation sites (tertiary alicyclic amines) is 1. The molecule has 2 saturated heterocycles. The van der Waals surface area contributed by atoms with Gasteiger partial charge in [-0.3, -0.25) is 4.90 Å². The minimum atomic E-state index is 0.435. The molecule has 0 bridgehead atoms. The number of hydrogen-bond acceptors (Lipinski definition) is 6. The molecule has 0 unspecified atom stereocenters. The highest BCUT2D eigenvalue weighted by Gasteiger charge is 2.26. The molecule has 6 nitrogen and oxygen atoms in total. The van der Waals surface area contributed by atoms with Crippen LogP contribution in [-0.4, -0.2) is 51.0 Å². The van der Waals surface area contributed by atoms with Crippen LogP contribution >= 0.6 is 0 Å². The Labute approximate surface area is 143 Å². The third-order valence-electron chi connectivity index (χ3n) is 4.93. The smallest absolute Gasteiger partial charge is 0.225 e. The van der Waals surface area contributed by atoms with Crippen LogP contribution in [0.15, 0.2) is 24.5 Å². The molecule has 4 rings (SSSR count). The quantitative estimate of drug-likeness (QED) is 0.859. The normalized spacial score (nSPS) is 21.5. The van der Waals surface area contributed by atoms with Gasteiger partial charge in [0.25, 0.3) is 0 Å². The van der Waals surface area contributed by atoms with E-state index in [-0.39, 0.29) is 0 Å². The molecule has 24 heavy (non-hydrogen) atoms. The predicted octanol–water partition coefficient (Wildman–Crippen LogP) is 2.16. The Hall–Kier alpha value is -2.08. The second kappa shape index (κ2) is 6.81. The summed E-state index contributed by atoms with van der Waals surface area (Å²) >= 11 is 0. The van der Waals surface area contributed by atoms with Crippen molar-refractivity contribution in [3.63, 3.8) is 0 Å². The summed E-state index contributed by atoms with van der Waals surface area (Å²) in [5.41, 5.74) is 2.15. The Balaban J connectivity index is 1.40. The third-order valence-corrected chi connectivity index (χ3v) is 4.93. The van der Waals surface area contributed by atoms with Gasteiger partial charge in [0.05, 0.1) is 5.69 Å². The summed E-state index contributed by atoms with van der Waals surface area (Å²) in [6.07, 6.45) is 7.38. The number of hydrogen-bond donors (Lipinski definition) is 0. The highest BCUT2D eigenvalue weighted by Crippen LogP contribution is 2.26. The molecule has 0 aromatic carbocycles. The average molecular weight is 324 g/mol. The number of nitrogens with zero attached hydrogens (tertiary/aromatic N) is 6. The molecule has 0 spiro atoms. The van der Waals surface area contributed by atoms with Crippen molar-refractivity contribution in [2.75, 3.05) is 31.1 Å². The fourth-order valence-electron chi connectivity index (χ4n) is 3.62. The minimum absolute atomic E-state index is 0.435. The van der Waals surface area contributed by atoms with Gasteiger partial charge in [0, 0.05) is 50.2 Å². The largest absolute Gasteiger partial charge is 0.341 e. The zero-order valence-corrected chi connectivity index (χ0v) is 14.2. The lowest BCUT2D eigenvalue weighted by atomic mass is 10.1. The van der Waals surface area contributed by atoms with Gasteiger partial charge < -0.3 is 4.90 Å². The van der Waals surface area contributed by atoms with Gasteiger partial charge in [0.15, 0.2) is 0 Å². The number of aryl methyl sites for hydroxylation is 1. The molecule has 0 aliphatic carbocycles. The van der Waals surface area contributed by atoms with Gasteiger partial charge in [-0.05, 0) is 44.9 Å². The Kier molecular flexibility index (Phi) is 4.38. The first-order valence-corrected chi connectivity index (χ1v) is 8.87. The summed E-state index contributed by atoms with van der Waals surface area (Å²) < 4.78 is 0. The van der Waals surface area contributed by atoms with Crippen molar-refractivity contribution in [3.8, 4) is 0 Å². The maximum atomic E-state index is 4.77. The van der Waals surface area contributed by atoms with Crippen LogP contribution in [0, 0.1) is 6.92 Å². The van der Waals surface area contributed by atoms with Crippen molar-refractivity contribution in [3.05, 3.63) is 41.7 Å². The molecule has 126 valence electrons. The van der Waals surface area contributed by atoms with Crippen LogP contribution in [0.5, 0.6) is 0 Å². The van der Waals surface area contributed by atoms with Crippen molar-refractivity contribution < 1.29 is 0 Å². The van der Waals surface area contributed by atoms with Crippen molar-refractivity contribution in [2.45, 2.75) is 38.6 Å².